The lowest BCUT2D eigenvalue weighted by molar-refractivity contribution is -0.117. The zero-order valence-corrected chi connectivity index (χ0v) is 13.4. The number of nitrogens with one attached hydrogen (secondary N) is 2. The third kappa shape index (κ3) is 4.01. The number of hydrogen-bond acceptors (Lipinski definition) is 2. The molecule has 0 fully saturated rings. The van der Waals surface area contributed by atoms with E-state index in [4.69, 9.17) is 0 Å². The summed E-state index contributed by atoms with van der Waals surface area (Å²) in [6.45, 7) is 3.04. The van der Waals surface area contributed by atoms with E-state index in [1.54, 1.807) is 6.08 Å². The van der Waals surface area contributed by atoms with Gasteiger partial charge in [0.2, 0.25) is 5.91 Å². The SMILES string of the molecule is CC(NC(=O)C=Cc1ccccc1)c1ccc2c(c1)NCCC2. The van der Waals surface area contributed by atoms with Gasteiger partial charge in [0.25, 0.3) is 0 Å². The number of benzene rings is 2. The van der Waals surface area contributed by atoms with Crippen LogP contribution < -0.4 is 10.6 Å². The predicted octanol–water partition coefficient (Wildman–Crippen LogP) is 3.94. The van der Waals surface area contributed by atoms with Gasteiger partial charge in [-0.25, -0.2) is 0 Å². The highest BCUT2D eigenvalue weighted by Crippen LogP contribution is 2.25. The van der Waals surface area contributed by atoms with Crippen molar-refractivity contribution in [2.75, 3.05) is 11.9 Å². The predicted molar refractivity (Wildman–Crippen MR) is 95.3 cm³/mol. The smallest absolute Gasteiger partial charge is 0.244 e. The Morgan fingerprint density at radius 3 is 2.87 bits per heavy atom. The van der Waals surface area contributed by atoms with Crippen molar-refractivity contribution in [2.24, 2.45) is 0 Å². The van der Waals surface area contributed by atoms with E-state index in [2.05, 4.69) is 28.8 Å². The molecule has 3 heteroatoms. The number of anilines is 1. The van der Waals surface area contributed by atoms with Gasteiger partial charge in [0.15, 0.2) is 0 Å². The molecule has 0 radical (unpaired) electrons. The summed E-state index contributed by atoms with van der Waals surface area (Å²) in [5, 5.41) is 6.45. The Kier molecular flexibility index (Phi) is 4.77. The summed E-state index contributed by atoms with van der Waals surface area (Å²) in [5.41, 5.74) is 4.71. The monoisotopic (exact) mass is 306 g/mol. The molecule has 0 aliphatic carbocycles. The number of carbonyl (C=O) groups is 1. The van der Waals surface area contributed by atoms with Crippen LogP contribution in [-0.2, 0) is 11.2 Å². The first kappa shape index (κ1) is 15.3. The van der Waals surface area contributed by atoms with E-state index in [9.17, 15) is 4.79 Å². The lowest BCUT2D eigenvalue weighted by Gasteiger charge is -2.21. The molecule has 0 saturated carbocycles. The van der Waals surface area contributed by atoms with Gasteiger partial charge >= 0.3 is 0 Å². The van der Waals surface area contributed by atoms with Crippen LogP contribution in [0, 0.1) is 0 Å². The van der Waals surface area contributed by atoms with Crippen LogP contribution in [0.1, 0.15) is 36.1 Å². The van der Waals surface area contributed by atoms with Gasteiger partial charge in [-0.1, -0.05) is 42.5 Å². The molecule has 2 aromatic carbocycles. The second kappa shape index (κ2) is 7.14. The van der Waals surface area contributed by atoms with E-state index >= 15 is 0 Å². The minimum atomic E-state index is -0.0768. The van der Waals surface area contributed by atoms with Crippen LogP contribution in [0.4, 0.5) is 5.69 Å². The Labute approximate surface area is 137 Å². The first-order chi connectivity index (χ1) is 11.2. The molecule has 1 unspecified atom stereocenters. The van der Waals surface area contributed by atoms with Gasteiger partial charge in [0.1, 0.15) is 0 Å². The number of amides is 1. The Morgan fingerprint density at radius 1 is 1.22 bits per heavy atom. The maximum absolute atomic E-state index is 12.1. The van der Waals surface area contributed by atoms with Gasteiger partial charge in [-0.3, -0.25) is 4.79 Å². The van der Waals surface area contributed by atoms with Crippen LogP contribution in [-0.4, -0.2) is 12.5 Å². The molecule has 1 aliphatic heterocycles. The molecule has 118 valence electrons. The van der Waals surface area contributed by atoms with Gasteiger partial charge in [0, 0.05) is 18.3 Å². The van der Waals surface area contributed by atoms with Crippen LogP contribution in [0.25, 0.3) is 6.08 Å². The van der Waals surface area contributed by atoms with Crippen molar-refractivity contribution in [3.63, 3.8) is 0 Å². The molecular formula is C20H22N2O. The Hall–Kier alpha value is -2.55. The summed E-state index contributed by atoms with van der Waals surface area (Å²) in [6, 6.07) is 16.2. The summed E-state index contributed by atoms with van der Waals surface area (Å²) >= 11 is 0. The lowest BCUT2D eigenvalue weighted by Crippen LogP contribution is -2.25. The first-order valence-electron chi connectivity index (χ1n) is 8.13. The molecule has 1 amide bonds. The first-order valence-corrected chi connectivity index (χ1v) is 8.13. The molecule has 3 rings (SSSR count). The highest BCUT2D eigenvalue weighted by molar-refractivity contribution is 5.92. The van der Waals surface area contributed by atoms with Crippen molar-refractivity contribution in [2.45, 2.75) is 25.8 Å². The highest BCUT2D eigenvalue weighted by Gasteiger charge is 2.12. The zero-order chi connectivity index (χ0) is 16.1. The van der Waals surface area contributed by atoms with E-state index in [1.165, 1.54) is 17.7 Å². The second-order valence-electron chi connectivity index (χ2n) is 5.92. The zero-order valence-electron chi connectivity index (χ0n) is 13.4. The Morgan fingerprint density at radius 2 is 2.04 bits per heavy atom. The summed E-state index contributed by atoms with van der Waals surface area (Å²) in [6.07, 6.45) is 5.73. The molecule has 23 heavy (non-hydrogen) atoms. The van der Waals surface area contributed by atoms with E-state index in [1.807, 2.05) is 43.3 Å². The summed E-state index contributed by atoms with van der Waals surface area (Å²) < 4.78 is 0. The van der Waals surface area contributed by atoms with Crippen LogP contribution in [0.2, 0.25) is 0 Å². The van der Waals surface area contributed by atoms with Crippen LogP contribution in [0.15, 0.2) is 54.6 Å². The average molecular weight is 306 g/mol. The topological polar surface area (TPSA) is 41.1 Å². The van der Waals surface area contributed by atoms with E-state index in [-0.39, 0.29) is 11.9 Å². The molecule has 1 atom stereocenters. The van der Waals surface area contributed by atoms with Crippen molar-refractivity contribution >= 4 is 17.7 Å². The minimum absolute atomic E-state index is 0.0167. The number of fused-ring (bicyclic) bond motifs is 1. The van der Waals surface area contributed by atoms with E-state index in [0.29, 0.717) is 0 Å². The number of hydrogen-bond donors (Lipinski definition) is 2. The summed E-state index contributed by atoms with van der Waals surface area (Å²) in [5.74, 6) is -0.0768. The Bertz CT molecular complexity index is 707. The fraction of sp³-hybridized carbons (Fsp3) is 0.250. The average Bonchev–Trinajstić information content (AvgIpc) is 2.60. The van der Waals surface area contributed by atoms with E-state index < -0.39 is 0 Å². The van der Waals surface area contributed by atoms with Crippen molar-refractivity contribution < 1.29 is 4.79 Å². The minimum Gasteiger partial charge on any atom is -0.385 e. The molecule has 0 saturated heterocycles. The number of aryl methyl sites for hydroxylation is 1. The van der Waals surface area contributed by atoms with Gasteiger partial charge < -0.3 is 10.6 Å². The van der Waals surface area contributed by atoms with Crippen LogP contribution >= 0.6 is 0 Å². The van der Waals surface area contributed by atoms with Crippen LogP contribution in [0.3, 0.4) is 0 Å². The van der Waals surface area contributed by atoms with Crippen molar-refractivity contribution in [1.82, 2.24) is 5.32 Å². The third-order valence-electron chi connectivity index (χ3n) is 4.16. The highest BCUT2D eigenvalue weighted by atomic mass is 16.1. The maximum Gasteiger partial charge on any atom is 0.244 e. The quantitative estimate of drug-likeness (QED) is 0.840. The normalized spacial score (nSPS) is 14.8. The fourth-order valence-corrected chi connectivity index (χ4v) is 2.83. The van der Waals surface area contributed by atoms with E-state index in [0.717, 1.165) is 24.1 Å². The summed E-state index contributed by atoms with van der Waals surface area (Å²) in [7, 11) is 0. The Balaban J connectivity index is 1.63. The molecule has 2 N–H and O–H groups in total. The second-order valence-corrected chi connectivity index (χ2v) is 5.92. The molecule has 2 aromatic rings. The maximum atomic E-state index is 12.1. The standard InChI is InChI=1S/C20H22N2O/c1-15(18-11-10-17-8-5-13-21-19(17)14-18)22-20(23)12-9-16-6-3-2-4-7-16/h2-4,6-7,9-12,14-15,21H,5,8,13H2,1H3,(H,22,23). The van der Waals surface area contributed by atoms with Crippen molar-refractivity contribution in [1.29, 1.82) is 0 Å². The molecular weight excluding hydrogens is 284 g/mol. The molecule has 0 aromatic heterocycles. The van der Waals surface area contributed by atoms with Gasteiger partial charge in [-0.2, -0.15) is 0 Å². The van der Waals surface area contributed by atoms with Gasteiger partial charge in [0.05, 0.1) is 6.04 Å². The third-order valence-corrected chi connectivity index (χ3v) is 4.16. The molecule has 0 bridgehead atoms. The molecule has 1 heterocycles. The number of rotatable bonds is 4. The van der Waals surface area contributed by atoms with Crippen molar-refractivity contribution in [3.05, 3.63) is 71.3 Å². The summed E-state index contributed by atoms with van der Waals surface area (Å²) in [4.78, 5) is 12.1. The van der Waals surface area contributed by atoms with Gasteiger partial charge in [-0.15, -0.1) is 0 Å². The fourth-order valence-electron chi connectivity index (χ4n) is 2.83. The molecule has 0 spiro atoms. The largest absolute Gasteiger partial charge is 0.385 e. The lowest BCUT2D eigenvalue weighted by atomic mass is 9.99. The van der Waals surface area contributed by atoms with Gasteiger partial charge in [-0.05, 0) is 48.6 Å². The molecule has 1 aliphatic rings. The molecule has 3 nitrogen and oxygen atoms in total. The van der Waals surface area contributed by atoms with Crippen LogP contribution in [0.5, 0.6) is 0 Å². The number of carbonyl (C=O) groups excluding carboxylic acids is 1. The van der Waals surface area contributed by atoms with Crippen molar-refractivity contribution in [3.8, 4) is 0 Å².